The first-order valence-electron chi connectivity index (χ1n) is 9.10. The van der Waals surface area contributed by atoms with Crippen LogP contribution in [0, 0.1) is 11.6 Å². The highest BCUT2D eigenvalue weighted by Gasteiger charge is 2.34. The predicted molar refractivity (Wildman–Crippen MR) is 102 cm³/mol. The molecule has 1 aliphatic heterocycles. The minimum atomic E-state index is -0.788. The van der Waals surface area contributed by atoms with Crippen molar-refractivity contribution in [2.75, 3.05) is 0 Å². The van der Waals surface area contributed by atoms with Crippen LogP contribution in [0.4, 0.5) is 8.78 Å². The van der Waals surface area contributed by atoms with E-state index in [1.54, 1.807) is 0 Å². The SMILES string of the molecule is Oc1cc(O)c2c(c1)O[C@H](c1ccc(O)c(O)c1)[C@@H](OCc1cc(F)cc(F)c1)C2. The average molecular weight is 416 g/mol. The summed E-state index contributed by atoms with van der Waals surface area (Å²) < 4.78 is 38.8. The van der Waals surface area contributed by atoms with Crippen molar-refractivity contribution in [1.29, 1.82) is 0 Å². The molecular formula is C22H18F2O6. The van der Waals surface area contributed by atoms with Gasteiger partial charge in [0, 0.05) is 30.2 Å². The molecule has 0 bridgehead atoms. The number of hydrogen-bond donors (Lipinski definition) is 4. The fraction of sp³-hybridized carbons (Fsp3) is 0.182. The zero-order valence-corrected chi connectivity index (χ0v) is 15.5. The van der Waals surface area contributed by atoms with Gasteiger partial charge < -0.3 is 29.9 Å². The van der Waals surface area contributed by atoms with E-state index in [9.17, 15) is 29.2 Å². The van der Waals surface area contributed by atoms with E-state index in [1.807, 2.05) is 0 Å². The molecule has 8 heteroatoms. The van der Waals surface area contributed by atoms with E-state index in [0.717, 1.165) is 18.2 Å². The second kappa shape index (κ2) is 7.72. The third-order valence-corrected chi connectivity index (χ3v) is 4.88. The van der Waals surface area contributed by atoms with E-state index in [0.29, 0.717) is 11.1 Å². The highest BCUT2D eigenvalue weighted by atomic mass is 19.1. The van der Waals surface area contributed by atoms with Crippen LogP contribution < -0.4 is 4.74 Å². The van der Waals surface area contributed by atoms with Gasteiger partial charge in [-0.2, -0.15) is 0 Å². The molecule has 156 valence electrons. The minimum Gasteiger partial charge on any atom is -0.508 e. The Morgan fingerprint density at radius 2 is 1.60 bits per heavy atom. The zero-order chi connectivity index (χ0) is 21.4. The van der Waals surface area contributed by atoms with Crippen LogP contribution in [-0.2, 0) is 17.8 Å². The van der Waals surface area contributed by atoms with Crippen molar-refractivity contribution in [3.63, 3.8) is 0 Å². The Morgan fingerprint density at radius 1 is 0.867 bits per heavy atom. The maximum absolute atomic E-state index is 13.5. The molecule has 1 aliphatic rings. The number of phenolic OH excluding ortho intramolecular Hbond substituents is 4. The molecule has 0 unspecified atom stereocenters. The van der Waals surface area contributed by atoms with Crippen LogP contribution in [0.15, 0.2) is 48.5 Å². The molecule has 30 heavy (non-hydrogen) atoms. The lowest BCUT2D eigenvalue weighted by atomic mass is 9.93. The molecule has 4 rings (SSSR count). The smallest absolute Gasteiger partial charge is 0.157 e. The number of ether oxygens (including phenoxy) is 2. The van der Waals surface area contributed by atoms with Crippen molar-refractivity contribution in [3.05, 3.63) is 76.9 Å². The Bertz CT molecular complexity index is 1080. The number of rotatable bonds is 4. The summed E-state index contributed by atoms with van der Waals surface area (Å²) in [5.41, 5.74) is 1.15. The molecule has 6 nitrogen and oxygen atoms in total. The van der Waals surface area contributed by atoms with E-state index in [-0.39, 0.29) is 47.3 Å². The van der Waals surface area contributed by atoms with Gasteiger partial charge in [0.05, 0.1) is 6.61 Å². The Labute approximate surface area is 170 Å². The highest BCUT2D eigenvalue weighted by molar-refractivity contribution is 5.52. The third-order valence-electron chi connectivity index (χ3n) is 4.88. The van der Waals surface area contributed by atoms with Crippen molar-refractivity contribution in [2.45, 2.75) is 25.2 Å². The summed E-state index contributed by atoms with van der Waals surface area (Å²) in [5.74, 6) is -2.25. The molecule has 0 aliphatic carbocycles. The molecule has 0 spiro atoms. The molecule has 0 fully saturated rings. The molecule has 3 aromatic rings. The van der Waals surface area contributed by atoms with Crippen LogP contribution in [0.3, 0.4) is 0 Å². The first-order valence-corrected chi connectivity index (χ1v) is 9.10. The quantitative estimate of drug-likeness (QED) is 0.479. The molecule has 1 heterocycles. The van der Waals surface area contributed by atoms with Crippen LogP contribution in [0.5, 0.6) is 28.7 Å². The van der Waals surface area contributed by atoms with Gasteiger partial charge in [-0.3, -0.25) is 0 Å². The molecular weight excluding hydrogens is 398 g/mol. The van der Waals surface area contributed by atoms with Gasteiger partial charge in [-0.25, -0.2) is 8.78 Å². The van der Waals surface area contributed by atoms with Gasteiger partial charge in [-0.05, 0) is 35.4 Å². The van der Waals surface area contributed by atoms with E-state index >= 15 is 0 Å². The summed E-state index contributed by atoms with van der Waals surface area (Å²) in [6, 6.07) is 9.72. The summed E-state index contributed by atoms with van der Waals surface area (Å²) in [6.07, 6.45) is -1.32. The van der Waals surface area contributed by atoms with E-state index in [2.05, 4.69) is 0 Å². The number of aromatic hydroxyl groups is 4. The Balaban J connectivity index is 1.67. The molecule has 2 atom stereocenters. The summed E-state index contributed by atoms with van der Waals surface area (Å²) >= 11 is 0. The lowest BCUT2D eigenvalue weighted by Crippen LogP contribution is -2.33. The van der Waals surface area contributed by atoms with Crippen molar-refractivity contribution in [1.82, 2.24) is 0 Å². The van der Waals surface area contributed by atoms with Gasteiger partial charge in [0.1, 0.15) is 35.0 Å². The lowest BCUT2D eigenvalue weighted by molar-refractivity contribution is -0.0468. The second-order valence-electron chi connectivity index (χ2n) is 7.06. The number of benzene rings is 3. The summed E-state index contributed by atoms with van der Waals surface area (Å²) in [7, 11) is 0. The first kappa shape index (κ1) is 19.8. The van der Waals surface area contributed by atoms with Crippen LogP contribution in [0.25, 0.3) is 0 Å². The van der Waals surface area contributed by atoms with E-state index in [4.69, 9.17) is 9.47 Å². The fourth-order valence-corrected chi connectivity index (χ4v) is 3.49. The Hall–Kier alpha value is -3.52. The minimum absolute atomic E-state index is 0.128. The number of phenols is 4. The molecule has 0 radical (unpaired) electrons. The van der Waals surface area contributed by atoms with Gasteiger partial charge in [-0.15, -0.1) is 0 Å². The normalized spacial score (nSPS) is 17.9. The molecule has 3 aromatic carbocycles. The van der Waals surface area contributed by atoms with Gasteiger partial charge in [-0.1, -0.05) is 6.07 Å². The largest absolute Gasteiger partial charge is 0.508 e. The predicted octanol–water partition coefficient (Wildman–Crippen LogP) is 4.05. The number of halogens is 2. The van der Waals surface area contributed by atoms with Crippen molar-refractivity contribution >= 4 is 0 Å². The topological polar surface area (TPSA) is 99.4 Å². The van der Waals surface area contributed by atoms with Crippen LogP contribution in [0.2, 0.25) is 0 Å². The van der Waals surface area contributed by atoms with Crippen molar-refractivity contribution < 1.29 is 38.7 Å². The molecule has 0 saturated heterocycles. The van der Waals surface area contributed by atoms with Gasteiger partial charge in [0.25, 0.3) is 0 Å². The number of fused-ring (bicyclic) bond motifs is 1. The molecule has 0 amide bonds. The van der Waals surface area contributed by atoms with Crippen LogP contribution in [-0.4, -0.2) is 26.5 Å². The van der Waals surface area contributed by atoms with Crippen LogP contribution >= 0.6 is 0 Å². The van der Waals surface area contributed by atoms with E-state index < -0.39 is 23.8 Å². The average Bonchev–Trinajstić information content (AvgIpc) is 2.67. The summed E-state index contributed by atoms with van der Waals surface area (Å²) in [6.45, 7) is -0.128. The first-order chi connectivity index (χ1) is 14.3. The Kier molecular flexibility index (Phi) is 5.09. The molecule has 0 saturated carbocycles. The lowest BCUT2D eigenvalue weighted by Gasteiger charge is -2.34. The van der Waals surface area contributed by atoms with Gasteiger partial charge >= 0.3 is 0 Å². The maximum Gasteiger partial charge on any atom is 0.157 e. The van der Waals surface area contributed by atoms with E-state index in [1.165, 1.54) is 30.3 Å². The summed E-state index contributed by atoms with van der Waals surface area (Å²) in [5, 5.41) is 39.4. The van der Waals surface area contributed by atoms with Crippen molar-refractivity contribution in [2.24, 2.45) is 0 Å². The van der Waals surface area contributed by atoms with Crippen molar-refractivity contribution in [3.8, 4) is 28.7 Å². The van der Waals surface area contributed by atoms with Gasteiger partial charge in [0.2, 0.25) is 0 Å². The maximum atomic E-state index is 13.5. The second-order valence-corrected chi connectivity index (χ2v) is 7.06. The molecule has 0 aromatic heterocycles. The van der Waals surface area contributed by atoms with Gasteiger partial charge in [0.15, 0.2) is 17.6 Å². The zero-order valence-electron chi connectivity index (χ0n) is 15.5. The highest BCUT2D eigenvalue weighted by Crippen LogP contribution is 2.43. The van der Waals surface area contributed by atoms with Crippen LogP contribution in [0.1, 0.15) is 22.8 Å². The monoisotopic (exact) mass is 416 g/mol. The summed E-state index contributed by atoms with van der Waals surface area (Å²) in [4.78, 5) is 0. The number of hydrogen-bond acceptors (Lipinski definition) is 6. The Morgan fingerprint density at radius 3 is 2.30 bits per heavy atom. The molecule has 4 N–H and O–H groups in total. The fourth-order valence-electron chi connectivity index (χ4n) is 3.49. The third kappa shape index (κ3) is 3.95. The standard InChI is InChI=1S/C22H18F2O6/c23-13-3-11(4-14(24)6-13)10-29-21-9-16-18(27)7-15(25)8-20(16)30-22(21)12-1-2-17(26)19(28)5-12/h1-8,21-22,25-28H,9-10H2/t21-,22+/m0/s1.